The van der Waals surface area contributed by atoms with Gasteiger partial charge in [-0.3, -0.25) is 10.1 Å². The second-order valence-corrected chi connectivity index (χ2v) is 5.78. The molecule has 154 valence electrons. The average Bonchev–Trinajstić information content (AvgIpc) is 2.75. The van der Waals surface area contributed by atoms with E-state index in [9.17, 15) is 14.9 Å². The van der Waals surface area contributed by atoms with E-state index in [0.717, 1.165) is 0 Å². The zero-order valence-electron chi connectivity index (χ0n) is 16.2. The molecule has 0 fully saturated rings. The van der Waals surface area contributed by atoms with Gasteiger partial charge in [0.05, 0.1) is 25.2 Å². The highest BCUT2D eigenvalue weighted by atomic mass is 16.6. The van der Waals surface area contributed by atoms with E-state index in [0.29, 0.717) is 5.69 Å². The molecule has 1 aromatic carbocycles. The van der Waals surface area contributed by atoms with Gasteiger partial charge in [-0.25, -0.2) is 9.78 Å². The van der Waals surface area contributed by atoms with E-state index >= 15 is 0 Å². The van der Waals surface area contributed by atoms with Crippen LogP contribution in [0, 0.1) is 17.0 Å². The summed E-state index contributed by atoms with van der Waals surface area (Å²) in [7, 11) is 2.85. The van der Waals surface area contributed by atoms with Crippen LogP contribution in [-0.2, 0) is 0 Å². The number of hydrogen-bond donors (Lipinski definition) is 0. The van der Waals surface area contributed by atoms with Crippen LogP contribution in [0.4, 0.5) is 5.69 Å². The third kappa shape index (κ3) is 4.76. The summed E-state index contributed by atoms with van der Waals surface area (Å²) in [5.74, 6) is -0.266. The molecule has 0 radical (unpaired) electrons. The summed E-state index contributed by atoms with van der Waals surface area (Å²) in [6.07, 6.45) is 0. The van der Waals surface area contributed by atoms with Gasteiger partial charge in [-0.2, -0.15) is 9.97 Å². The van der Waals surface area contributed by atoms with Gasteiger partial charge in [0.2, 0.25) is 11.8 Å². The zero-order chi connectivity index (χ0) is 21.7. The van der Waals surface area contributed by atoms with Crippen molar-refractivity contribution in [3.05, 3.63) is 64.0 Å². The number of methoxy groups -OCH3 is 2. The van der Waals surface area contributed by atoms with Gasteiger partial charge in [-0.1, -0.05) is 0 Å². The van der Waals surface area contributed by atoms with Crippen LogP contribution in [0.15, 0.2) is 42.5 Å². The molecule has 0 aliphatic rings. The summed E-state index contributed by atoms with van der Waals surface area (Å²) in [5, 5.41) is 10.7. The van der Waals surface area contributed by atoms with Crippen molar-refractivity contribution in [1.29, 1.82) is 0 Å². The third-order valence-corrected chi connectivity index (χ3v) is 3.73. The van der Waals surface area contributed by atoms with Crippen LogP contribution >= 0.6 is 0 Å². The maximum atomic E-state index is 12.7. The lowest BCUT2D eigenvalue weighted by atomic mass is 10.2. The number of aromatic nitrogens is 3. The minimum atomic E-state index is -0.822. The summed E-state index contributed by atoms with van der Waals surface area (Å²) < 4.78 is 21.0. The molecular formula is C19H16N4O7. The Morgan fingerprint density at radius 1 is 0.967 bits per heavy atom. The predicted molar refractivity (Wildman–Crippen MR) is 102 cm³/mol. The lowest BCUT2D eigenvalue weighted by Crippen LogP contribution is -2.13. The average molecular weight is 412 g/mol. The number of rotatable bonds is 7. The lowest BCUT2D eigenvalue weighted by Gasteiger charge is -2.11. The number of aryl methyl sites for hydroxylation is 1. The fraction of sp³-hybridized carbons (Fsp3) is 0.158. The number of esters is 1. The number of pyridine rings is 1. The second-order valence-electron chi connectivity index (χ2n) is 5.78. The van der Waals surface area contributed by atoms with Crippen molar-refractivity contribution < 1.29 is 28.7 Å². The summed E-state index contributed by atoms with van der Waals surface area (Å²) in [6.45, 7) is 1.69. The smallest absolute Gasteiger partial charge is 0.366 e. The molecule has 0 bridgehead atoms. The molecule has 0 amide bonds. The molecule has 2 heterocycles. The molecule has 0 saturated carbocycles. The van der Waals surface area contributed by atoms with Crippen molar-refractivity contribution in [1.82, 2.24) is 15.0 Å². The van der Waals surface area contributed by atoms with Crippen molar-refractivity contribution in [2.45, 2.75) is 6.92 Å². The molecule has 0 aliphatic carbocycles. The van der Waals surface area contributed by atoms with E-state index in [2.05, 4.69) is 15.0 Å². The Morgan fingerprint density at radius 2 is 1.60 bits per heavy atom. The highest BCUT2D eigenvalue weighted by Gasteiger charge is 2.20. The fourth-order valence-electron chi connectivity index (χ4n) is 2.30. The largest absolute Gasteiger partial charge is 0.481 e. The number of benzene rings is 1. The molecule has 11 nitrogen and oxygen atoms in total. The van der Waals surface area contributed by atoms with E-state index in [4.69, 9.17) is 18.9 Å². The van der Waals surface area contributed by atoms with Crippen LogP contribution in [0.5, 0.6) is 29.3 Å². The first-order valence-corrected chi connectivity index (χ1v) is 8.49. The number of nitro groups is 1. The van der Waals surface area contributed by atoms with Crippen LogP contribution in [0.25, 0.3) is 0 Å². The molecule has 0 unspecified atom stereocenters. The van der Waals surface area contributed by atoms with Crippen LogP contribution in [0.1, 0.15) is 16.2 Å². The van der Waals surface area contributed by atoms with Crippen LogP contribution < -0.4 is 18.9 Å². The predicted octanol–water partition coefficient (Wildman–Crippen LogP) is 3.12. The molecule has 3 rings (SSSR count). The molecule has 0 aliphatic heterocycles. The highest BCUT2D eigenvalue weighted by Crippen LogP contribution is 2.27. The Hall–Kier alpha value is -4.28. The molecule has 0 atom stereocenters. The normalized spacial score (nSPS) is 10.2. The Kier molecular flexibility index (Phi) is 6.01. The van der Waals surface area contributed by atoms with Crippen molar-refractivity contribution in [2.24, 2.45) is 0 Å². The van der Waals surface area contributed by atoms with Gasteiger partial charge in [0, 0.05) is 17.8 Å². The van der Waals surface area contributed by atoms with Gasteiger partial charge in [0.1, 0.15) is 5.75 Å². The number of nitrogens with zero attached hydrogens (tertiary/aromatic N) is 4. The molecule has 3 aromatic rings. The number of carbonyl (C=O) groups excluding carboxylic acids is 1. The minimum Gasteiger partial charge on any atom is -0.481 e. The molecule has 0 spiro atoms. The molecular weight excluding hydrogens is 396 g/mol. The van der Waals surface area contributed by atoms with Gasteiger partial charge < -0.3 is 18.9 Å². The topological polar surface area (TPSA) is 136 Å². The van der Waals surface area contributed by atoms with Gasteiger partial charge in [0.15, 0.2) is 11.4 Å². The Bertz CT molecular complexity index is 1060. The third-order valence-electron chi connectivity index (χ3n) is 3.73. The summed E-state index contributed by atoms with van der Waals surface area (Å²) in [5.41, 5.74) is 0.289. The standard InChI is InChI=1S/C19H16N4O7/c1-11-4-9-14(30-19-21-15(27-2)10-16(22-19)28-3)17(20-11)18(24)29-13-7-5-12(6-8-13)23(25)26/h4-10H,1-3H3. The first-order valence-electron chi connectivity index (χ1n) is 8.49. The SMILES string of the molecule is COc1cc(OC)nc(Oc2ccc(C)nc2C(=O)Oc2ccc([N+](=O)[O-])cc2)n1. The van der Waals surface area contributed by atoms with Gasteiger partial charge in [-0.05, 0) is 31.2 Å². The van der Waals surface area contributed by atoms with E-state index in [1.54, 1.807) is 13.0 Å². The Balaban J connectivity index is 1.88. The van der Waals surface area contributed by atoms with Gasteiger partial charge in [0.25, 0.3) is 5.69 Å². The monoisotopic (exact) mass is 412 g/mol. The van der Waals surface area contributed by atoms with Crippen molar-refractivity contribution in [3.8, 4) is 29.3 Å². The lowest BCUT2D eigenvalue weighted by molar-refractivity contribution is -0.384. The first-order chi connectivity index (χ1) is 14.4. The van der Waals surface area contributed by atoms with Gasteiger partial charge >= 0.3 is 12.0 Å². The summed E-state index contributed by atoms with van der Waals surface area (Å²) in [6, 6.07) is 9.55. The van der Waals surface area contributed by atoms with Crippen molar-refractivity contribution in [2.75, 3.05) is 14.2 Å². The number of hydrogen-bond acceptors (Lipinski definition) is 10. The molecule has 30 heavy (non-hydrogen) atoms. The number of ether oxygens (including phenoxy) is 4. The molecule has 0 saturated heterocycles. The number of nitro benzene ring substituents is 1. The second kappa shape index (κ2) is 8.82. The highest BCUT2D eigenvalue weighted by molar-refractivity contribution is 5.92. The summed E-state index contributed by atoms with van der Waals surface area (Å²) >= 11 is 0. The maximum absolute atomic E-state index is 12.7. The van der Waals surface area contributed by atoms with Crippen molar-refractivity contribution >= 4 is 11.7 Å². The van der Waals surface area contributed by atoms with E-state index in [-0.39, 0.29) is 40.7 Å². The fourth-order valence-corrected chi connectivity index (χ4v) is 2.30. The van der Waals surface area contributed by atoms with E-state index in [1.165, 1.54) is 50.6 Å². The zero-order valence-corrected chi connectivity index (χ0v) is 16.2. The molecule has 0 N–H and O–H groups in total. The van der Waals surface area contributed by atoms with Crippen LogP contribution in [0.2, 0.25) is 0 Å². The van der Waals surface area contributed by atoms with Crippen LogP contribution in [0.3, 0.4) is 0 Å². The quantitative estimate of drug-likeness (QED) is 0.246. The maximum Gasteiger partial charge on any atom is 0.366 e. The molecule has 11 heteroatoms. The van der Waals surface area contributed by atoms with Gasteiger partial charge in [-0.15, -0.1) is 0 Å². The van der Waals surface area contributed by atoms with E-state index < -0.39 is 10.9 Å². The Morgan fingerprint density at radius 3 is 2.17 bits per heavy atom. The number of non-ortho nitro benzene ring substituents is 1. The summed E-state index contributed by atoms with van der Waals surface area (Å²) in [4.78, 5) is 35.1. The van der Waals surface area contributed by atoms with Crippen molar-refractivity contribution in [3.63, 3.8) is 0 Å². The first kappa shape index (κ1) is 20.5. The van der Waals surface area contributed by atoms with Crippen LogP contribution in [-0.4, -0.2) is 40.1 Å². The number of carbonyl (C=O) groups is 1. The van der Waals surface area contributed by atoms with E-state index in [1.807, 2.05) is 0 Å². The molecule has 2 aromatic heterocycles. The Labute approximate surface area is 170 Å². The minimum absolute atomic E-state index is 0.0443.